The molecule has 1 aromatic carbocycles. The van der Waals surface area contributed by atoms with E-state index in [1.165, 1.54) is 0 Å². The lowest BCUT2D eigenvalue weighted by Gasteiger charge is -2.50. The molecule has 1 saturated heterocycles. The molecule has 1 fully saturated rings. The van der Waals surface area contributed by atoms with Crippen LogP contribution in [0.4, 0.5) is 10.2 Å². The Morgan fingerprint density at radius 1 is 1.06 bits per heavy atom. The topological polar surface area (TPSA) is 90.0 Å². The van der Waals surface area contributed by atoms with E-state index in [0.717, 1.165) is 29.8 Å². The standard InChI is InChI=1S/C25H33FN6O/c1-24(2)13-19(14-25(3,4)31-24)32(11-5-10-26)23-9-8-21(29-30-23)20-7-6-17(12-22(20)33)18-15-27-28-16-18/h6-9,12,15-16,19,31,33H,5,10-11,13-14H2,1-4H3,(H,27,28). The van der Waals surface area contributed by atoms with Crippen molar-refractivity contribution in [1.82, 2.24) is 25.7 Å². The van der Waals surface area contributed by atoms with Crippen LogP contribution in [0.3, 0.4) is 0 Å². The van der Waals surface area contributed by atoms with Crippen molar-refractivity contribution in [2.24, 2.45) is 0 Å². The molecule has 0 atom stereocenters. The zero-order valence-electron chi connectivity index (χ0n) is 19.8. The van der Waals surface area contributed by atoms with E-state index in [-0.39, 0.29) is 29.5 Å². The third-order valence-corrected chi connectivity index (χ3v) is 6.19. The van der Waals surface area contributed by atoms with E-state index in [2.05, 4.69) is 58.3 Å². The molecule has 7 nitrogen and oxygen atoms in total. The monoisotopic (exact) mass is 452 g/mol. The number of benzene rings is 1. The predicted molar refractivity (Wildman–Crippen MR) is 129 cm³/mol. The third-order valence-electron chi connectivity index (χ3n) is 6.19. The van der Waals surface area contributed by atoms with Crippen LogP contribution in [0.2, 0.25) is 0 Å². The molecule has 0 bridgehead atoms. The summed E-state index contributed by atoms with van der Waals surface area (Å²) >= 11 is 0. The molecule has 0 unspecified atom stereocenters. The lowest BCUT2D eigenvalue weighted by Crippen LogP contribution is -2.62. The van der Waals surface area contributed by atoms with E-state index in [0.29, 0.717) is 24.2 Å². The fraction of sp³-hybridized carbons (Fsp3) is 0.480. The Bertz CT molecular complexity index is 1050. The van der Waals surface area contributed by atoms with Crippen LogP contribution in [0.25, 0.3) is 22.4 Å². The average molecular weight is 453 g/mol. The van der Waals surface area contributed by atoms with Gasteiger partial charge in [-0.05, 0) is 76.8 Å². The van der Waals surface area contributed by atoms with Crippen molar-refractivity contribution < 1.29 is 9.50 Å². The van der Waals surface area contributed by atoms with Gasteiger partial charge >= 0.3 is 0 Å². The molecule has 0 amide bonds. The number of phenolic OH excluding ortho intramolecular Hbond substituents is 1. The Balaban J connectivity index is 1.59. The lowest BCUT2D eigenvalue weighted by atomic mass is 9.79. The number of hydrogen-bond donors (Lipinski definition) is 3. The molecule has 3 aromatic rings. The number of aromatic nitrogens is 4. The number of rotatable bonds is 7. The number of piperidine rings is 1. The molecule has 2 aromatic heterocycles. The van der Waals surface area contributed by atoms with Crippen LogP contribution in [-0.4, -0.2) is 55.8 Å². The third kappa shape index (κ3) is 5.33. The van der Waals surface area contributed by atoms with Crippen LogP contribution in [0.15, 0.2) is 42.7 Å². The minimum Gasteiger partial charge on any atom is -0.507 e. The molecular formula is C25H33FN6O. The van der Waals surface area contributed by atoms with Crippen molar-refractivity contribution in [3.05, 3.63) is 42.7 Å². The Morgan fingerprint density at radius 2 is 1.82 bits per heavy atom. The van der Waals surface area contributed by atoms with E-state index in [4.69, 9.17) is 0 Å². The Morgan fingerprint density at radius 3 is 2.39 bits per heavy atom. The molecule has 0 aliphatic carbocycles. The summed E-state index contributed by atoms with van der Waals surface area (Å²) in [5.41, 5.74) is 2.90. The van der Waals surface area contributed by atoms with Crippen LogP contribution >= 0.6 is 0 Å². The minimum atomic E-state index is -0.364. The second-order valence-corrected chi connectivity index (χ2v) is 10.2. The van der Waals surface area contributed by atoms with Gasteiger partial charge in [0.2, 0.25) is 0 Å². The summed E-state index contributed by atoms with van der Waals surface area (Å²) < 4.78 is 13.1. The molecule has 0 spiro atoms. The quantitative estimate of drug-likeness (QED) is 0.481. The molecule has 0 radical (unpaired) electrons. The number of phenols is 1. The first-order valence-corrected chi connectivity index (χ1v) is 11.5. The second kappa shape index (κ2) is 9.09. The zero-order chi connectivity index (χ0) is 23.6. The largest absolute Gasteiger partial charge is 0.507 e. The number of nitrogens with one attached hydrogen (secondary N) is 2. The fourth-order valence-corrected chi connectivity index (χ4v) is 5.16. The molecule has 4 rings (SSSR count). The van der Waals surface area contributed by atoms with Crippen molar-refractivity contribution in [1.29, 1.82) is 0 Å². The molecule has 1 aliphatic heterocycles. The van der Waals surface area contributed by atoms with Gasteiger partial charge in [0.05, 0.1) is 18.6 Å². The number of alkyl halides is 1. The van der Waals surface area contributed by atoms with Gasteiger partial charge in [-0.15, -0.1) is 10.2 Å². The predicted octanol–water partition coefficient (Wildman–Crippen LogP) is 4.71. The van der Waals surface area contributed by atoms with Gasteiger partial charge in [0.15, 0.2) is 5.82 Å². The molecule has 0 saturated carbocycles. The minimum absolute atomic E-state index is 0.0315. The highest BCUT2D eigenvalue weighted by molar-refractivity contribution is 5.73. The van der Waals surface area contributed by atoms with Crippen molar-refractivity contribution >= 4 is 5.82 Å². The summed E-state index contributed by atoms with van der Waals surface area (Å²) in [7, 11) is 0. The number of anilines is 1. The van der Waals surface area contributed by atoms with Gasteiger partial charge in [0.25, 0.3) is 0 Å². The van der Waals surface area contributed by atoms with Crippen molar-refractivity contribution in [2.45, 2.75) is 64.1 Å². The summed E-state index contributed by atoms with van der Waals surface area (Å²) in [6.45, 7) is 9.05. The fourth-order valence-electron chi connectivity index (χ4n) is 5.16. The van der Waals surface area contributed by atoms with E-state index < -0.39 is 0 Å². The van der Waals surface area contributed by atoms with Crippen LogP contribution in [0, 0.1) is 0 Å². The Hall–Kier alpha value is -3.00. The highest BCUT2D eigenvalue weighted by atomic mass is 19.1. The number of halogens is 1. The lowest BCUT2D eigenvalue weighted by molar-refractivity contribution is 0.158. The molecule has 33 heavy (non-hydrogen) atoms. The zero-order valence-corrected chi connectivity index (χ0v) is 19.8. The van der Waals surface area contributed by atoms with Crippen LogP contribution < -0.4 is 10.2 Å². The summed E-state index contributed by atoms with van der Waals surface area (Å²) in [6, 6.07) is 9.47. The normalized spacial score (nSPS) is 17.7. The number of nitrogens with zero attached hydrogens (tertiary/aromatic N) is 4. The summed E-state index contributed by atoms with van der Waals surface area (Å²) in [5, 5.41) is 30.0. The van der Waals surface area contributed by atoms with Crippen LogP contribution in [0.5, 0.6) is 5.75 Å². The van der Waals surface area contributed by atoms with E-state index in [1.54, 1.807) is 18.5 Å². The number of hydrogen-bond acceptors (Lipinski definition) is 6. The van der Waals surface area contributed by atoms with Gasteiger partial charge in [-0.2, -0.15) is 5.10 Å². The molecule has 3 heterocycles. The summed E-state index contributed by atoms with van der Waals surface area (Å²) in [5.74, 6) is 0.868. The van der Waals surface area contributed by atoms with Crippen molar-refractivity contribution in [3.8, 4) is 28.1 Å². The first-order chi connectivity index (χ1) is 15.7. The number of aromatic amines is 1. The maximum atomic E-state index is 13.1. The van der Waals surface area contributed by atoms with E-state index in [1.807, 2.05) is 24.3 Å². The first-order valence-electron chi connectivity index (χ1n) is 11.5. The Labute approximate surface area is 194 Å². The molecule has 8 heteroatoms. The van der Waals surface area contributed by atoms with Gasteiger partial charge in [-0.1, -0.05) is 6.07 Å². The van der Waals surface area contributed by atoms with Crippen LogP contribution in [-0.2, 0) is 0 Å². The van der Waals surface area contributed by atoms with Gasteiger partial charge in [-0.3, -0.25) is 9.49 Å². The summed E-state index contributed by atoms with van der Waals surface area (Å²) in [6.07, 6.45) is 5.80. The SMILES string of the molecule is CC1(C)CC(N(CCCF)c2ccc(-c3ccc(-c4cn[nH]c4)cc3O)nn2)CC(C)(C)N1. The number of aromatic hydroxyl groups is 1. The molecule has 176 valence electrons. The maximum Gasteiger partial charge on any atom is 0.151 e. The van der Waals surface area contributed by atoms with Crippen molar-refractivity contribution in [3.63, 3.8) is 0 Å². The molecular weight excluding hydrogens is 419 g/mol. The molecule has 1 aliphatic rings. The maximum absolute atomic E-state index is 13.1. The highest BCUT2D eigenvalue weighted by Crippen LogP contribution is 2.35. The summed E-state index contributed by atoms with van der Waals surface area (Å²) in [4.78, 5) is 2.20. The Kier molecular flexibility index (Phi) is 6.38. The number of H-pyrrole nitrogens is 1. The molecule has 3 N–H and O–H groups in total. The van der Waals surface area contributed by atoms with E-state index >= 15 is 0 Å². The van der Waals surface area contributed by atoms with Gasteiger partial charge < -0.3 is 15.3 Å². The second-order valence-electron chi connectivity index (χ2n) is 10.2. The van der Waals surface area contributed by atoms with Gasteiger partial charge in [-0.25, -0.2) is 0 Å². The first kappa shape index (κ1) is 23.2. The van der Waals surface area contributed by atoms with Crippen molar-refractivity contribution in [2.75, 3.05) is 18.1 Å². The van der Waals surface area contributed by atoms with Gasteiger partial charge in [0, 0.05) is 41.0 Å². The van der Waals surface area contributed by atoms with Gasteiger partial charge in [0.1, 0.15) is 5.75 Å². The smallest absolute Gasteiger partial charge is 0.151 e. The highest BCUT2D eigenvalue weighted by Gasteiger charge is 2.40. The average Bonchev–Trinajstić information content (AvgIpc) is 3.27. The van der Waals surface area contributed by atoms with Crippen LogP contribution in [0.1, 0.15) is 47.0 Å². The van der Waals surface area contributed by atoms with E-state index in [9.17, 15) is 9.50 Å².